The number of rotatable bonds is 10. The van der Waals surface area contributed by atoms with E-state index in [9.17, 15) is 4.79 Å². The summed E-state index contributed by atoms with van der Waals surface area (Å²) < 4.78 is 24.8. The van der Waals surface area contributed by atoms with Crippen molar-refractivity contribution in [1.29, 1.82) is 0 Å². The number of nitrogens with zero attached hydrogens (tertiary/aromatic N) is 5. The summed E-state index contributed by atoms with van der Waals surface area (Å²) in [6, 6.07) is 12.3. The number of fused-ring (bicyclic) bond motifs is 1. The van der Waals surface area contributed by atoms with E-state index in [0.717, 1.165) is 55.8 Å². The second-order valence-corrected chi connectivity index (χ2v) is 11.2. The maximum atomic E-state index is 12.2. The Hall–Kier alpha value is -3.44. The van der Waals surface area contributed by atoms with E-state index in [1.807, 2.05) is 12.1 Å². The zero-order valence-corrected chi connectivity index (χ0v) is 24.7. The first-order valence-corrected chi connectivity index (χ1v) is 14.7. The normalized spacial score (nSPS) is 17.6. The van der Waals surface area contributed by atoms with Crippen LogP contribution in [-0.4, -0.2) is 69.4 Å². The highest BCUT2D eigenvalue weighted by Gasteiger charge is 2.26. The van der Waals surface area contributed by atoms with E-state index in [4.69, 9.17) is 47.1 Å². The average molecular weight is 613 g/mol. The number of hydrogen-bond donors (Lipinski definition) is 0. The molecule has 0 unspecified atom stereocenters. The van der Waals surface area contributed by atoms with Crippen LogP contribution in [0.2, 0.25) is 10.0 Å². The van der Waals surface area contributed by atoms with Crippen LogP contribution in [-0.2, 0) is 29.2 Å². The Labute approximate surface area is 253 Å². The van der Waals surface area contributed by atoms with Gasteiger partial charge in [0.15, 0.2) is 5.82 Å². The molecule has 4 aromatic rings. The lowest BCUT2D eigenvalue weighted by atomic mass is 10.1. The molecule has 12 heteroatoms. The summed E-state index contributed by atoms with van der Waals surface area (Å²) in [6.07, 6.45) is 4.60. The van der Waals surface area contributed by atoms with E-state index in [1.54, 1.807) is 36.5 Å². The Morgan fingerprint density at radius 3 is 2.64 bits per heavy atom. The summed E-state index contributed by atoms with van der Waals surface area (Å²) in [5.74, 6) is 2.14. The van der Waals surface area contributed by atoms with Gasteiger partial charge < -0.3 is 23.5 Å². The highest BCUT2D eigenvalue weighted by atomic mass is 35.5. The van der Waals surface area contributed by atoms with Gasteiger partial charge in [-0.2, -0.15) is 4.98 Å². The van der Waals surface area contributed by atoms with Crippen molar-refractivity contribution in [2.75, 3.05) is 26.8 Å². The second kappa shape index (κ2) is 12.8. The van der Waals surface area contributed by atoms with E-state index in [-0.39, 0.29) is 24.8 Å². The fraction of sp³-hybridized carbons (Fsp3) is 0.400. The van der Waals surface area contributed by atoms with Crippen LogP contribution in [0, 0.1) is 0 Å². The SMILES string of the molecule is COC(=O)c1ccc2nc(CN3CCC(Oc4ccnc(COc5ccc(Cl)cc5Cl)n4)CC3)n(C[C@@H]3CCO3)c2c1. The van der Waals surface area contributed by atoms with Crippen LogP contribution in [0.3, 0.4) is 0 Å². The third kappa shape index (κ3) is 6.62. The average Bonchev–Trinajstić information content (AvgIpc) is 3.31. The van der Waals surface area contributed by atoms with Gasteiger partial charge in [0.2, 0.25) is 5.88 Å². The van der Waals surface area contributed by atoms with Gasteiger partial charge in [0.25, 0.3) is 0 Å². The lowest BCUT2D eigenvalue weighted by Crippen LogP contribution is -2.39. The minimum Gasteiger partial charge on any atom is -0.484 e. The van der Waals surface area contributed by atoms with Crippen LogP contribution >= 0.6 is 23.2 Å². The molecule has 4 heterocycles. The maximum Gasteiger partial charge on any atom is 0.337 e. The number of carbonyl (C=O) groups excluding carboxylic acids is 1. The fourth-order valence-electron chi connectivity index (χ4n) is 5.18. The van der Waals surface area contributed by atoms with Crippen LogP contribution < -0.4 is 9.47 Å². The number of esters is 1. The van der Waals surface area contributed by atoms with Crippen molar-refractivity contribution in [3.63, 3.8) is 0 Å². The van der Waals surface area contributed by atoms with E-state index >= 15 is 0 Å². The quantitative estimate of drug-likeness (QED) is 0.220. The molecular formula is C30H31Cl2N5O5. The highest BCUT2D eigenvalue weighted by molar-refractivity contribution is 6.35. The number of carbonyl (C=O) groups is 1. The highest BCUT2D eigenvalue weighted by Crippen LogP contribution is 2.28. The molecular weight excluding hydrogens is 581 g/mol. The molecule has 2 aromatic heterocycles. The molecule has 0 saturated carbocycles. The third-order valence-electron chi connectivity index (χ3n) is 7.55. The number of aromatic nitrogens is 4. The largest absolute Gasteiger partial charge is 0.484 e. The molecule has 0 bridgehead atoms. The third-order valence-corrected chi connectivity index (χ3v) is 8.08. The summed E-state index contributed by atoms with van der Waals surface area (Å²) >= 11 is 12.2. The Bertz CT molecular complexity index is 1570. The summed E-state index contributed by atoms with van der Waals surface area (Å²) in [5, 5.41) is 0.973. The fourth-order valence-corrected chi connectivity index (χ4v) is 5.64. The lowest BCUT2D eigenvalue weighted by molar-refractivity contribution is -0.0592. The Morgan fingerprint density at radius 1 is 1.07 bits per heavy atom. The molecule has 10 nitrogen and oxygen atoms in total. The molecule has 1 atom stereocenters. The van der Waals surface area contributed by atoms with Crippen LogP contribution in [0.1, 0.15) is 41.3 Å². The molecule has 0 aliphatic carbocycles. The van der Waals surface area contributed by atoms with Crippen molar-refractivity contribution >= 4 is 40.2 Å². The molecule has 2 aliphatic heterocycles. The summed E-state index contributed by atoms with van der Waals surface area (Å²) in [4.78, 5) is 28.3. The molecule has 2 aromatic carbocycles. The molecule has 220 valence electrons. The smallest absolute Gasteiger partial charge is 0.337 e. The van der Waals surface area contributed by atoms with E-state index in [2.05, 4.69) is 19.4 Å². The number of imidazole rings is 1. The molecule has 0 N–H and O–H groups in total. The van der Waals surface area contributed by atoms with Gasteiger partial charge in [-0.25, -0.2) is 14.8 Å². The summed E-state index contributed by atoms with van der Waals surface area (Å²) in [5.41, 5.74) is 2.29. The number of hydrogen-bond acceptors (Lipinski definition) is 9. The first kappa shape index (κ1) is 28.7. The molecule has 2 fully saturated rings. The zero-order chi connectivity index (χ0) is 29.1. The maximum absolute atomic E-state index is 12.2. The first-order valence-electron chi connectivity index (χ1n) is 13.9. The molecule has 0 spiro atoms. The van der Waals surface area contributed by atoms with E-state index in [1.165, 1.54) is 7.11 Å². The standard InChI is InChI=1S/C30H31Cl2N5O5/c1-39-30(38)19-2-4-24-25(14-19)37(16-22-9-13-40-22)28(34-24)17-36-11-7-21(8-12-36)42-29-6-10-33-27(35-29)18-41-26-5-3-20(31)15-23(26)32/h2-6,10,14-15,21-22H,7-9,11-13,16-18H2,1H3/t22-/m0/s1. The minimum atomic E-state index is -0.359. The predicted octanol–water partition coefficient (Wildman–Crippen LogP) is 5.33. The topological polar surface area (TPSA) is 101 Å². The number of halogens is 2. The second-order valence-electron chi connectivity index (χ2n) is 10.4. The van der Waals surface area contributed by atoms with Crippen molar-refractivity contribution in [2.24, 2.45) is 0 Å². The van der Waals surface area contributed by atoms with Crippen molar-refractivity contribution in [3.05, 3.63) is 75.9 Å². The zero-order valence-electron chi connectivity index (χ0n) is 23.2. The first-order chi connectivity index (χ1) is 20.4. The Balaban J connectivity index is 1.07. The molecule has 42 heavy (non-hydrogen) atoms. The van der Waals surface area contributed by atoms with E-state index < -0.39 is 0 Å². The predicted molar refractivity (Wildman–Crippen MR) is 157 cm³/mol. The molecule has 0 radical (unpaired) electrons. The van der Waals surface area contributed by atoms with Crippen molar-refractivity contribution in [2.45, 2.75) is 51.2 Å². The number of ether oxygens (including phenoxy) is 4. The Morgan fingerprint density at radius 2 is 1.90 bits per heavy atom. The van der Waals surface area contributed by atoms with Crippen LogP contribution in [0.4, 0.5) is 0 Å². The van der Waals surface area contributed by atoms with Crippen LogP contribution in [0.5, 0.6) is 11.6 Å². The number of piperidine rings is 1. The minimum absolute atomic E-state index is 0.0421. The van der Waals surface area contributed by atoms with Crippen LogP contribution in [0.15, 0.2) is 48.7 Å². The van der Waals surface area contributed by atoms with E-state index in [0.29, 0.717) is 46.2 Å². The molecule has 2 aliphatic rings. The van der Waals surface area contributed by atoms with Crippen LogP contribution in [0.25, 0.3) is 11.0 Å². The Kier molecular flexibility index (Phi) is 8.76. The van der Waals surface area contributed by atoms with Gasteiger partial charge in [0.05, 0.1) is 47.9 Å². The molecule has 0 amide bonds. The van der Waals surface area contributed by atoms with Gasteiger partial charge in [0, 0.05) is 37.0 Å². The number of methoxy groups -OCH3 is 1. The van der Waals surface area contributed by atoms with Crippen molar-refractivity contribution in [1.82, 2.24) is 24.4 Å². The van der Waals surface area contributed by atoms with Gasteiger partial charge in [-0.1, -0.05) is 23.2 Å². The lowest BCUT2D eigenvalue weighted by Gasteiger charge is -2.32. The molecule has 2 saturated heterocycles. The van der Waals surface area contributed by atoms with Gasteiger partial charge in [-0.05, 0) is 55.7 Å². The van der Waals surface area contributed by atoms with Gasteiger partial charge >= 0.3 is 5.97 Å². The summed E-state index contributed by atoms with van der Waals surface area (Å²) in [6.45, 7) is 4.06. The van der Waals surface area contributed by atoms with Crippen molar-refractivity contribution < 1.29 is 23.7 Å². The van der Waals surface area contributed by atoms with Crippen molar-refractivity contribution in [3.8, 4) is 11.6 Å². The summed E-state index contributed by atoms with van der Waals surface area (Å²) in [7, 11) is 1.39. The monoisotopic (exact) mass is 611 g/mol. The van der Waals surface area contributed by atoms with Gasteiger partial charge in [-0.3, -0.25) is 4.90 Å². The van der Waals surface area contributed by atoms with Gasteiger partial charge in [0.1, 0.15) is 24.3 Å². The molecule has 6 rings (SSSR count). The van der Waals surface area contributed by atoms with Gasteiger partial charge in [-0.15, -0.1) is 0 Å². The number of benzene rings is 2. The number of likely N-dealkylation sites (tertiary alicyclic amines) is 1.